The Kier molecular flexibility index (Phi) is 18.0. The third-order valence-electron chi connectivity index (χ3n) is 12.6. The van der Waals surface area contributed by atoms with Gasteiger partial charge in [0.1, 0.15) is 82.8 Å². The summed E-state index contributed by atoms with van der Waals surface area (Å²) in [6.45, 7) is 10.5. The van der Waals surface area contributed by atoms with Crippen LogP contribution in [0, 0.1) is 12.8 Å². The van der Waals surface area contributed by atoms with E-state index in [4.69, 9.17) is 44.4 Å². The molecule has 8 heterocycles. The molecular weight excluding hydrogens is 1150 g/mol. The number of ether oxygens (including phenoxy) is 2. The molecule has 0 unspecified atom stereocenters. The number of aryl methyl sites for hydroxylation is 1. The van der Waals surface area contributed by atoms with E-state index in [0.29, 0.717) is 79.5 Å². The molecule has 4 atom stereocenters. The van der Waals surface area contributed by atoms with Crippen molar-refractivity contribution in [3.05, 3.63) is 111 Å². The Morgan fingerprint density at radius 2 is 1.46 bits per heavy atom. The minimum Gasteiger partial charge on any atom is -0.443 e. The highest BCUT2D eigenvalue weighted by Gasteiger charge is 2.33. The van der Waals surface area contributed by atoms with Gasteiger partial charge in [-0.2, -0.15) is 0 Å². The van der Waals surface area contributed by atoms with Crippen molar-refractivity contribution < 1.29 is 43.3 Å². The summed E-state index contributed by atoms with van der Waals surface area (Å²) >= 11 is 7.37. The largest absolute Gasteiger partial charge is 0.443 e. The molecule has 8 aromatic rings. The number of aliphatic hydroxyl groups excluding tert-OH is 1. The molecule has 0 saturated heterocycles. The van der Waals surface area contributed by atoms with Crippen LogP contribution in [0.2, 0.25) is 0 Å². The van der Waals surface area contributed by atoms with Crippen molar-refractivity contribution in [2.24, 2.45) is 5.92 Å². The monoisotopic (exact) mass is 1210 g/mol. The number of anilines is 1. The molecule has 422 valence electrons. The summed E-state index contributed by atoms with van der Waals surface area (Å²) in [6, 6.07) is 10.4. The highest BCUT2D eigenvalue weighted by atomic mass is 32.1. The maximum atomic E-state index is 14.3. The molecule has 1 aliphatic rings. The van der Waals surface area contributed by atoms with Gasteiger partial charge in [-0.25, -0.2) is 39.7 Å². The fourth-order valence-corrected chi connectivity index (χ4v) is 14.1. The lowest BCUT2D eigenvalue weighted by Gasteiger charge is -2.23. The number of amides is 5. The SMILES string of the molecule is CNC(=O)C[C@@H]1NC(=O)c2csc(n2)-c2ccc(-c3nc(N(C)C(=O)OC(C)(C)C)cs3)nc2-c2csc(n2)-c2csc(n2)[C@H]([C@@H](O)c2ccccc2)NC(=O)CNC(=O)c2nc(sc2COC)[C@@H](C(C)C)CC(=O)c2nc1sc2C. The topological polar surface area (TPSA) is 283 Å². The zero-order valence-corrected chi connectivity index (χ0v) is 50.2. The summed E-state index contributed by atoms with van der Waals surface area (Å²) in [5.41, 5.74) is 2.29. The van der Waals surface area contributed by atoms with Gasteiger partial charge < -0.3 is 35.8 Å². The normalized spacial score (nSPS) is 16.8. The van der Waals surface area contributed by atoms with Gasteiger partial charge in [-0.05, 0) is 51.3 Å². The van der Waals surface area contributed by atoms with Crippen LogP contribution in [0.5, 0.6) is 0 Å². The van der Waals surface area contributed by atoms with E-state index in [0.717, 1.165) is 0 Å². The summed E-state index contributed by atoms with van der Waals surface area (Å²) < 4.78 is 11.0. The van der Waals surface area contributed by atoms with Gasteiger partial charge in [0.15, 0.2) is 5.78 Å². The Labute approximate surface area is 489 Å². The number of benzene rings is 1. The number of aliphatic hydroxyl groups is 1. The number of methoxy groups -OCH3 is 1. The first kappa shape index (κ1) is 58.5. The van der Waals surface area contributed by atoms with E-state index < -0.39 is 60.1 Å². The molecule has 9 rings (SSSR count). The molecule has 7 aromatic heterocycles. The molecule has 27 heteroatoms. The van der Waals surface area contributed by atoms with Crippen LogP contribution in [0.15, 0.2) is 64.0 Å². The summed E-state index contributed by atoms with van der Waals surface area (Å²) in [6.07, 6.45) is -2.06. The van der Waals surface area contributed by atoms with E-state index in [1.54, 1.807) is 92.7 Å². The quantitative estimate of drug-likeness (QED) is 0.0899. The van der Waals surface area contributed by atoms with Gasteiger partial charge in [0.2, 0.25) is 11.8 Å². The number of Topliss-reactive ketones (excluding diaryl/α,β-unsaturated/α-hetero) is 1. The average molecular weight is 1210 g/mol. The molecule has 81 heavy (non-hydrogen) atoms. The maximum Gasteiger partial charge on any atom is 0.415 e. The third-order valence-corrected chi connectivity index (χ3v) is 18.4. The Morgan fingerprint density at radius 1 is 0.765 bits per heavy atom. The van der Waals surface area contributed by atoms with Gasteiger partial charge in [0.25, 0.3) is 11.8 Å². The maximum absolute atomic E-state index is 14.3. The van der Waals surface area contributed by atoms with Gasteiger partial charge in [-0.1, -0.05) is 44.2 Å². The number of ketones is 1. The van der Waals surface area contributed by atoms with E-state index in [1.807, 2.05) is 19.9 Å². The first-order valence-electron chi connectivity index (χ1n) is 25.3. The fraction of sp³-hybridized carbons (Fsp3) is 0.352. The number of nitrogens with zero attached hydrogens (tertiary/aromatic N) is 8. The standard InChI is InChI=1S/C54H56N12O9S6/c1-25(2)29-17-35(67)40-26(3)80-51(64-40)31(18-38(68)55-7)58-45(71)33-22-76-47(60-33)28-15-16-30(49-62-37(24-79-49)66(8)53(73)75-54(4,5)6)57-41(28)32-21-77-50(59-32)34-23-78-52(61-34)43(44(70)27-13-11-10-12-14-27)63-39(69)19-56-46(72)42-36(20-74-9)81-48(29)65-42/h10-16,21-25,29,31,43-44,70H,17-20H2,1-9H3,(H,55,68)(H,56,72)(H,58,71)(H,63,69)/t29-,31+,43+,44+/m1/s1. The highest BCUT2D eigenvalue weighted by Crippen LogP contribution is 2.41. The Hall–Kier alpha value is -7.11. The van der Waals surface area contributed by atoms with Gasteiger partial charge >= 0.3 is 6.09 Å². The molecule has 10 bridgehead atoms. The van der Waals surface area contributed by atoms with Crippen molar-refractivity contribution in [3.8, 4) is 43.4 Å². The van der Waals surface area contributed by atoms with Gasteiger partial charge in [-0.15, -0.1) is 68.0 Å². The fourth-order valence-electron chi connectivity index (χ4n) is 8.41. The lowest BCUT2D eigenvalue weighted by molar-refractivity contribution is -0.122. The van der Waals surface area contributed by atoms with Crippen molar-refractivity contribution >= 4 is 109 Å². The molecule has 5 N–H and O–H groups in total. The number of rotatable bonds is 9. The lowest BCUT2D eigenvalue weighted by atomic mass is 9.90. The van der Waals surface area contributed by atoms with Crippen LogP contribution in [0.25, 0.3) is 43.4 Å². The Morgan fingerprint density at radius 3 is 2.19 bits per heavy atom. The minimum absolute atomic E-state index is 0.0288. The second-order valence-corrected chi connectivity index (χ2v) is 25.8. The smallest absolute Gasteiger partial charge is 0.415 e. The van der Waals surface area contributed by atoms with Crippen LogP contribution < -0.4 is 26.2 Å². The molecule has 1 aliphatic heterocycles. The van der Waals surface area contributed by atoms with E-state index >= 15 is 0 Å². The molecule has 0 fully saturated rings. The van der Waals surface area contributed by atoms with Crippen molar-refractivity contribution in [3.63, 3.8) is 0 Å². The van der Waals surface area contributed by atoms with Crippen LogP contribution >= 0.6 is 68.0 Å². The van der Waals surface area contributed by atoms with E-state index in [2.05, 4.69) is 21.3 Å². The zero-order valence-electron chi connectivity index (χ0n) is 45.3. The molecule has 21 nitrogen and oxygen atoms in total. The van der Waals surface area contributed by atoms with Crippen molar-refractivity contribution in [2.75, 3.05) is 32.6 Å². The number of hydrogen-bond acceptors (Lipinski definition) is 22. The summed E-state index contributed by atoms with van der Waals surface area (Å²) in [4.78, 5) is 119. The van der Waals surface area contributed by atoms with Crippen molar-refractivity contribution in [2.45, 2.75) is 90.7 Å². The third kappa shape index (κ3) is 13.5. The second kappa shape index (κ2) is 24.9. The molecule has 5 amide bonds. The number of pyridine rings is 1. The van der Waals surface area contributed by atoms with Crippen LogP contribution in [-0.2, 0) is 25.7 Å². The number of fused-ring (bicyclic) bond motifs is 14. The molecule has 0 aliphatic carbocycles. The molecule has 0 saturated carbocycles. The van der Waals surface area contributed by atoms with E-state index in [9.17, 15) is 33.9 Å². The van der Waals surface area contributed by atoms with Crippen LogP contribution in [-0.4, -0.2) is 109 Å². The average Bonchev–Trinajstić information content (AvgIpc) is 4.40. The van der Waals surface area contributed by atoms with Crippen LogP contribution in [0.1, 0.15) is 133 Å². The van der Waals surface area contributed by atoms with Crippen molar-refractivity contribution in [1.29, 1.82) is 0 Å². The predicted molar refractivity (Wildman–Crippen MR) is 313 cm³/mol. The van der Waals surface area contributed by atoms with Crippen LogP contribution in [0.3, 0.4) is 0 Å². The minimum atomic E-state index is -1.26. The summed E-state index contributed by atoms with van der Waals surface area (Å²) in [5, 5.41) is 32.5. The zero-order chi connectivity index (χ0) is 57.9. The lowest BCUT2D eigenvalue weighted by Crippen LogP contribution is -2.40. The van der Waals surface area contributed by atoms with E-state index in [-0.39, 0.29) is 54.1 Å². The predicted octanol–water partition coefficient (Wildman–Crippen LogP) is 9.57. The number of aromatic nitrogens is 7. The van der Waals surface area contributed by atoms with Gasteiger partial charge in [0, 0.05) is 65.5 Å². The van der Waals surface area contributed by atoms with Gasteiger partial charge in [0.05, 0.1) is 41.2 Å². The number of hydrogen-bond donors (Lipinski definition) is 5. The number of carbonyl (C=O) groups is 6. The number of carbonyl (C=O) groups excluding carboxylic acids is 6. The van der Waals surface area contributed by atoms with E-state index in [1.165, 1.54) is 87.1 Å². The first-order chi connectivity index (χ1) is 38.7. The summed E-state index contributed by atoms with van der Waals surface area (Å²) in [7, 11) is 4.55. The number of thiazole rings is 6. The first-order valence-corrected chi connectivity index (χ1v) is 30.5. The molecule has 0 spiro atoms. The van der Waals surface area contributed by atoms with Crippen LogP contribution in [0.4, 0.5) is 10.6 Å². The molecule has 1 aromatic carbocycles. The Balaban J connectivity index is 1.13. The highest BCUT2D eigenvalue weighted by molar-refractivity contribution is 7.15. The second-order valence-electron chi connectivity index (χ2n) is 20.0. The summed E-state index contributed by atoms with van der Waals surface area (Å²) in [5.74, 6) is -2.77. The molecule has 0 radical (unpaired) electrons. The molecular formula is C54H56N12O9S6. The Bertz CT molecular complexity index is 3630. The number of nitrogens with one attached hydrogen (secondary N) is 4. The van der Waals surface area contributed by atoms with Gasteiger partial charge in [-0.3, -0.25) is 28.9 Å². The van der Waals surface area contributed by atoms with Crippen molar-refractivity contribution in [1.82, 2.24) is 56.2 Å².